The van der Waals surface area contributed by atoms with E-state index in [-0.39, 0.29) is 31.1 Å². The van der Waals surface area contributed by atoms with E-state index in [0.29, 0.717) is 0 Å². The highest BCUT2D eigenvalue weighted by molar-refractivity contribution is 5.92. The molecule has 6 N–H and O–H groups in total. The van der Waals surface area contributed by atoms with Crippen molar-refractivity contribution in [2.24, 2.45) is 22.3 Å². The molecule has 0 fully saturated rings. The molecule has 40 heavy (non-hydrogen) atoms. The third-order valence-electron chi connectivity index (χ3n) is 6.63. The molecule has 0 bridgehead atoms. The maximum Gasteiger partial charge on any atom is 0.240 e. The van der Waals surface area contributed by atoms with E-state index >= 15 is 0 Å². The molecule has 0 radical (unpaired) electrons. The summed E-state index contributed by atoms with van der Waals surface area (Å²) in [6.45, 7) is 0.101. The lowest BCUT2D eigenvalue weighted by Crippen LogP contribution is -2.50. The number of nitrogens with zero attached hydrogens (tertiary/aromatic N) is 4. The molecule has 3 aromatic rings. The van der Waals surface area contributed by atoms with E-state index in [2.05, 4.69) is 5.10 Å². The molecule has 0 spiro atoms. The van der Waals surface area contributed by atoms with Crippen LogP contribution in [-0.4, -0.2) is 53.8 Å². The van der Waals surface area contributed by atoms with E-state index in [0.717, 1.165) is 22.4 Å². The normalized spacial score (nSPS) is 12.9. The summed E-state index contributed by atoms with van der Waals surface area (Å²) in [5.74, 6) is -2.13. The van der Waals surface area contributed by atoms with Crippen molar-refractivity contribution in [3.63, 3.8) is 0 Å². The minimum atomic E-state index is -1.06. The fourth-order valence-corrected chi connectivity index (χ4v) is 4.48. The Kier molecular flexibility index (Phi) is 10.3. The molecule has 0 saturated carbocycles. The van der Waals surface area contributed by atoms with Crippen LogP contribution in [0.2, 0.25) is 0 Å². The fraction of sp³-hybridized carbons (Fsp3) is 0.276. The van der Waals surface area contributed by atoms with Crippen molar-refractivity contribution in [2.45, 2.75) is 37.4 Å². The lowest BCUT2D eigenvalue weighted by atomic mass is 9.89. The van der Waals surface area contributed by atoms with E-state index in [4.69, 9.17) is 17.2 Å². The van der Waals surface area contributed by atoms with Gasteiger partial charge < -0.3 is 27.0 Å². The molecule has 0 aliphatic rings. The topological polar surface area (TPSA) is 174 Å². The van der Waals surface area contributed by atoms with E-state index in [9.17, 15) is 19.7 Å². The lowest BCUT2D eigenvalue weighted by molar-refractivity contribution is -0.485. The molecule has 0 saturated heterocycles. The first-order chi connectivity index (χ1) is 19.1. The summed E-state index contributed by atoms with van der Waals surface area (Å²) in [7, 11) is 3.85. The second kappa shape index (κ2) is 13.9. The molecule has 2 atom stereocenters. The molecule has 0 heterocycles. The average Bonchev–Trinajstić information content (AvgIpc) is 2.93. The second-order valence-electron chi connectivity index (χ2n) is 9.65. The van der Waals surface area contributed by atoms with E-state index in [1.54, 1.807) is 0 Å². The highest BCUT2D eigenvalue weighted by Gasteiger charge is 2.35. The third kappa shape index (κ3) is 7.87. The summed E-state index contributed by atoms with van der Waals surface area (Å²) in [6.07, 6.45) is 0.0731. The van der Waals surface area contributed by atoms with E-state index < -0.39 is 28.9 Å². The van der Waals surface area contributed by atoms with Crippen LogP contribution in [0.1, 0.15) is 35.4 Å². The van der Waals surface area contributed by atoms with Crippen molar-refractivity contribution < 1.29 is 14.6 Å². The molecule has 2 amide bonds. The number of hydrogen-bond donors (Lipinski definition) is 3. The third-order valence-corrected chi connectivity index (χ3v) is 6.63. The van der Waals surface area contributed by atoms with Crippen molar-refractivity contribution in [3.8, 4) is 0 Å². The smallest absolute Gasteiger partial charge is 0.240 e. The Hall–Kier alpha value is -4.77. The molecule has 0 aliphatic heterocycles. The van der Waals surface area contributed by atoms with E-state index in [1.807, 2.05) is 104 Å². The number of amides is 2. The van der Waals surface area contributed by atoms with Gasteiger partial charge in [-0.15, -0.1) is 0 Å². The van der Waals surface area contributed by atoms with Crippen molar-refractivity contribution in [1.29, 1.82) is 0 Å². The fourth-order valence-electron chi connectivity index (χ4n) is 4.48. The zero-order valence-electron chi connectivity index (χ0n) is 22.6. The summed E-state index contributed by atoms with van der Waals surface area (Å²) >= 11 is 0. The van der Waals surface area contributed by atoms with Crippen LogP contribution in [0.3, 0.4) is 0 Å². The Balaban J connectivity index is 2.04. The summed E-state index contributed by atoms with van der Waals surface area (Å²) in [5.41, 5.74) is 20.8. The van der Waals surface area contributed by atoms with Gasteiger partial charge in [-0.25, -0.2) is 10.1 Å². The predicted molar refractivity (Wildman–Crippen MR) is 155 cm³/mol. The maximum absolute atomic E-state index is 14.4. The maximum atomic E-state index is 14.4. The molecule has 210 valence electrons. The van der Waals surface area contributed by atoms with Gasteiger partial charge in [-0.3, -0.25) is 9.59 Å². The number of primary amides is 1. The van der Waals surface area contributed by atoms with Gasteiger partial charge in [-0.05, 0) is 41.7 Å². The van der Waals surface area contributed by atoms with Gasteiger partial charge in [0.1, 0.15) is 6.04 Å². The Morgan fingerprint density at radius 1 is 0.875 bits per heavy atom. The summed E-state index contributed by atoms with van der Waals surface area (Å²) in [4.78, 5) is 41.4. The van der Waals surface area contributed by atoms with Gasteiger partial charge >= 0.3 is 0 Å². The number of hydrazone groups is 1. The Bertz CT molecular complexity index is 1280. The Morgan fingerprint density at radius 2 is 1.40 bits per heavy atom. The first-order valence-corrected chi connectivity index (χ1v) is 12.8. The molecule has 3 aromatic carbocycles. The standard InChI is InChI=1S/C29H35N7O4/c1-34(2)23-15-13-20(14-16-23)19-35(25(28(32)37)18-17-24(30)27(31)33-36(39)40)29(38)26(21-9-5-3-6-10-21)22-11-7-4-8-12-22/h3-16,24-26H,17-19,30H2,1-2H3,(H2,31,33)(H2,32,37)/t24?,25-/m0/s1. The number of amidine groups is 1. The SMILES string of the molecule is CN(C)c1ccc(CN(C(=O)C(c2ccccc2)c2ccccc2)[C@@H](CCC(N)C(N)=N[N+](=O)[O-])C(N)=O)cc1. The number of carbonyl (C=O) groups excluding carboxylic acids is 2. The molecule has 3 rings (SSSR count). The molecule has 11 nitrogen and oxygen atoms in total. The largest absolute Gasteiger partial charge is 0.381 e. The van der Waals surface area contributed by atoms with Gasteiger partial charge in [0, 0.05) is 26.3 Å². The van der Waals surface area contributed by atoms with Crippen molar-refractivity contribution in [2.75, 3.05) is 19.0 Å². The number of carbonyl (C=O) groups is 2. The minimum Gasteiger partial charge on any atom is -0.381 e. The van der Waals surface area contributed by atoms with Crippen LogP contribution in [0.5, 0.6) is 0 Å². The number of hydrogen-bond acceptors (Lipinski definition) is 6. The second-order valence-corrected chi connectivity index (χ2v) is 9.65. The van der Waals surface area contributed by atoms with Gasteiger partial charge in [-0.1, -0.05) is 72.8 Å². The molecular formula is C29H35N7O4. The van der Waals surface area contributed by atoms with Crippen molar-refractivity contribution in [3.05, 3.63) is 112 Å². The highest BCUT2D eigenvalue weighted by Crippen LogP contribution is 2.29. The number of nitro groups is 1. The highest BCUT2D eigenvalue weighted by atomic mass is 16.7. The number of anilines is 1. The minimum absolute atomic E-state index is 0.0300. The number of benzene rings is 3. The number of rotatable bonds is 13. The predicted octanol–water partition coefficient (Wildman–Crippen LogP) is 2.42. The average molecular weight is 546 g/mol. The zero-order chi connectivity index (χ0) is 29.2. The van der Waals surface area contributed by atoms with Crippen LogP contribution in [0.4, 0.5) is 5.69 Å². The van der Waals surface area contributed by atoms with Crippen LogP contribution in [0.15, 0.2) is 90.0 Å². The molecule has 0 aliphatic carbocycles. The molecule has 0 aromatic heterocycles. The summed E-state index contributed by atoms with van der Waals surface area (Å²) in [5, 5.41) is 12.9. The Labute approximate surface area is 233 Å². The number of nitrogens with two attached hydrogens (primary N) is 3. The van der Waals surface area contributed by atoms with Gasteiger partial charge in [0.25, 0.3) is 0 Å². The van der Waals surface area contributed by atoms with Crippen molar-refractivity contribution >= 4 is 23.3 Å². The van der Waals surface area contributed by atoms with Crippen molar-refractivity contribution in [1.82, 2.24) is 4.90 Å². The molecule has 1 unspecified atom stereocenters. The van der Waals surface area contributed by atoms with Gasteiger partial charge in [0.15, 0.2) is 10.9 Å². The molecule has 11 heteroatoms. The van der Waals surface area contributed by atoms with Crippen LogP contribution in [0.25, 0.3) is 0 Å². The van der Waals surface area contributed by atoms with Crippen LogP contribution >= 0.6 is 0 Å². The van der Waals surface area contributed by atoms with Gasteiger partial charge in [0.2, 0.25) is 11.8 Å². The van der Waals surface area contributed by atoms with Gasteiger partial charge in [-0.2, -0.15) is 0 Å². The van der Waals surface area contributed by atoms with Crippen LogP contribution < -0.4 is 22.1 Å². The quantitative estimate of drug-likeness (QED) is 0.128. The Morgan fingerprint density at radius 3 is 1.85 bits per heavy atom. The first kappa shape index (κ1) is 29.8. The van der Waals surface area contributed by atoms with Crippen LogP contribution in [0, 0.1) is 10.1 Å². The summed E-state index contributed by atoms with van der Waals surface area (Å²) < 4.78 is 0. The zero-order valence-corrected chi connectivity index (χ0v) is 22.6. The van der Waals surface area contributed by atoms with E-state index in [1.165, 1.54) is 4.90 Å². The summed E-state index contributed by atoms with van der Waals surface area (Å²) in [6, 6.07) is 24.2. The van der Waals surface area contributed by atoms with Gasteiger partial charge in [0.05, 0.1) is 17.1 Å². The first-order valence-electron chi connectivity index (χ1n) is 12.8. The monoisotopic (exact) mass is 545 g/mol. The molecular weight excluding hydrogens is 510 g/mol. The van der Waals surface area contributed by atoms with Crippen LogP contribution in [-0.2, 0) is 16.1 Å². The lowest BCUT2D eigenvalue weighted by Gasteiger charge is -2.34.